The van der Waals surface area contributed by atoms with Crippen molar-refractivity contribution in [1.82, 2.24) is 0 Å². The lowest BCUT2D eigenvalue weighted by atomic mass is 9.86. The van der Waals surface area contributed by atoms with Crippen molar-refractivity contribution in [3.8, 4) is 5.75 Å². The molecular formula is C20H33NO2. The van der Waals surface area contributed by atoms with Gasteiger partial charge in [0, 0.05) is 0 Å². The van der Waals surface area contributed by atoms with E-state index in [4.69, 9.17) is 10.5 Å². The molecule has 130 valence electrons. The van der Waals surface area contributed by atoms with Gasteiger partial charge in [-0.1, -0.05) is 51.2 Å². The van der Waals surface area contributed by atoms with Crippen LogP contribution in [0.2, 0.25) is 0 Å². The molecular weight excluding hydrogens is 286 g/mol. The average Bonchev–Trinajstić information content (AvgIpc) is 2.58. The third-order valence-corrected chi connectivity index (χ3v) is 5.14. The van der Waals surface area contributed by atoms with Gasteiger partial charge in [0.15, 0.2) is 0 Å². The minimum absolute atomic E-state index is 0.130. The zero-order valence-corrected chi connectivity index (χ0v) is 14.5. The van der Waals surface area contributed by atoms with Gasteiger partial charge in [-0.15, -0.1) is 0 Å². The topological polar surface area (TPSA) is 55.5 Å². The third kappa shape index (κ3) is 6.92. The lowest BCUT2D eigenvalue weighted by molar-refractivity contribution is 0.118. The number of benzene rings is 1. The summed E-state index contributed by atoms with van der Waals surface area (Å²) in [6.07, 6.45) is 10.7. The van der Waals surface area contributed by atoms with Crippen LogP contribution in [-0.2, 0) is 6.42 Å². The molecule has 3 heteroatoms. The summed E-state index contributed by atoms with van der Waals surface area (Å²) in [5, 5.41) is 9.32. The van der Waals surface area contributed by atoms with Crippen LogP contribution >= 0.6 is 0 Å². The number of aliphatic hydroxyl groups excluding tert-OH is 1. The van der Waals surface area contributed by atoms with Crippen LogP contribution in [0.25, 0.3) is 0 Å². The van der Waals surface area contributed by atoms with Crippen LogP contribution in [0.3, 0.4) is 0 Å². The Kier molecular flexibility index (Phi) is 7.90. The number of ether oxygens (including phenoxy) is 1. The standard InChI is InChI=1S/C20H33NO2/c1-16(20(21)22)9-10-18-11-13-19(14-12-18)23-15-5-8-17-6-3-2-4-7-17/h11-14,16-17,20,22H,2-10,15,21H2,1H3. The maximum atomic E-state index is 9.32. The van der Waals surface area contributed by atoms with Gasteiger partial charge in [0.05, 0.1) is 6.61 Å². The van der Waals surface area contributed by atoms with Crippen molar-refractivity contribution in [3.05, 3.63) is 29.8 Å². The molecule has 1 aromatic rings. The smallest absolute Gasteiger partial charge is 0.119 e. The van der Waals surface area contributed by atoms with Crippen molar-refractivity contribution in [2.45, 2.75) is 70.9 Å². The second-order valence-electron chi connectivity index (χ2n) is 7.15. The second-order valence-corrected chi connectivity index (χ2v) is 7.15. The lowest BCUT2D eigenvalue weighted by Crippen LogP contribution is -2.27. The van der Waals surface area contributed by atoms with Crippen LogP contribution in [-0.4, -0.2) is 17.9 Å². The Morgan fingerprint density at radius 3 is 2.52 bits per heavy atom. The molecule has 1 aliphatic rings. The molecule has 0 amide bonds. The maximum absolute atomic E-state index is 9.32. The van der Waals surface area contributed by atoms with Crippen LogP contribution in [0.5, 0.6) is 5.75 Å². The predicted molar refractivity (Wildman–Crippen MR) is 95.4 cm³/mol. The lowest BCUT2D eigenvalue weighted by Gasteiger charge is -2.21. The van der Waals surface area contributed by atoms with E-state index in [1.165, 1.54) is 50.5 Å². The second kappa shape index (κ2) is 9.94. The molecule has 3 N–H and O–H groups in total. The summed E-state index contributed by atoms with van der Waals surface area (Å²) >= 11 is 0. The van der Waals surface area contributed by atoms with Crippen LogP contribution < -0.4 is 10.5 Å². The van der Waals surface area contributed by atoms with E-state index in [-0.39, 0.29) is 5.92 Å². The van der Waals surface area contributed by atoms with Crippen LogP contribution in [0.4, 0.5) is 0 Å². The molecule has 0 bridgehead atoms. The van der Waals surface area contributed by atoms with E-state index >= 15 is 0 Å². The maximum Gasteiger partial charge on any atom is 0.119 e. The quantitative estimate of drug-likeness (QED) is 0.528. The van der Waals surface area contributed by atoms with Crippen LogP contribution in [0.15, 0.2) is 24.3 Å². The van der Waals surface area contributed by atoms with Crippen LogP contribution in [0.1, 0.15) is 63.9 Å². The fourth-order valence-electron chi connectivity index (χ4n) is 3.36. The first-order chi connectivity index (χ1) is 11.1. The highest BCUT2D eigenvalue weighted by Crippen LogP contribution is 2.27. The first-order valence-corrected chi connectivity index (χ1v) is 9.30. The van der Waals surface area contributed by atoms with E-state index in [1.807, 2.05) is 6.92 Å². The van der Waals surface area contributed by atoms with E-state index in [9.17, 15) is 5.11 Å². The summed E-state index contributed by atoms with van der Waals surface area (Å²) in [6.45, 7) is 2.81. The molecule has 1 aliphatic carbocycles. The molecule has 2 unspecified atom stereocenters. The van der Waals surface area contributed by atoms with Gasteiger partial charge in [0.2, 0.25) is 0 Å². The van der Waals surface area contributed by atoms with Gasteiger partial charge in [0.25, 0.3) is 0 Å². The molecule has 0 heterocycles. The zero-order chi connectivity index (χ0) is 16.5. The van der Waals surface area contributed by atoms with Crippen LogP contribution in [0, 0.1) is 11.8 Å². The van der Waals surface area contributed by atoms with Gasteiger partial charge in [0.1, 0.15) is 12.0 Å². The molecule has 2 rings (SSSR count). The first kappa shape index (κ1) is 18.3. The normalized spacial score (nSPS) is 18.6. The van der Waals surface area contributed by atoms with Gasteiger partial charge in [-0.2, -0.15) is 0 Å². The van der Waals surface area contributed by atoms with Crippen molar-refractivity contribution in [3.63, 3.8) is 0 Å². The Bertz CT molecular complexity index is 424. The molecule has 23 heavy (non-hydrogen) atoms. The Balaban J connectivity index is 1.62. The molecule has 1 aromatic carbocycles. The Morgan fingerprint density at radius 1 is 1.17 bits per heavy atom. The predicted octanol–water partition coefficient (Wildman–Crippen LogP) is 4.27. The molecule has 0 aromatic heterocycles. The summed E-state index contributed by atoms with van der Waals surface area (Å²) in [4.78, 5) is 0. The third-order valence-electron chi connectivity index (χ3n) is 5.14. The summed E-state index contributed by atoms with van der Waals surface area (Å²) in [5.74, 6) is 2.03. The van der Waals surface area contributed by atoms with E-state index in [0.29, 0.717) is 0 Å². The van der Waals surface area contributed by atoms with Gasteiger partial charge >= 0.3 is 0 Å². The highest BCUT2D eigenvalue weighted by molar-refractivity contribution is 5.27. The largest absolute Gasteiger partial charge is 0.494 e. The van der Waals surface area contributed by atoms with Crippen molar-refractivity contribution in [2.24, 2.45) is 17.6 Å². The number of hydrogen-bond donors (Lipinski definition) is 2. The van der Waals surface area contributed by atoms with Gasteiger partial charge in [-0.25, -0.2) is 0 Å². The molecule has 0 aliphatic heterocycles. The number of aryl methyl sites for hydroxylation is 1. The van der Waals surface area contributed by atoms with Crippen molar-refractivity contribution >= 4 is 0 Å². The van der Waals surface area contributed by atoms with Gasteiger partial charge in [-0.3, -0.25) is 0 Å². The van der Waals surface area contributed by atoms with Gasteiger partial charge in [-0.05, 0) is 55.2 Å². The summed E-state index contributed by atoms with van der Waals surface area (Å²) < 4.78 is 5.86. The Labute approximate surface area is 141 Å². The summed E-state index contributed by atoms with van der Waals surface area (Å²) in [5.41, 5.74) is 6.75. The molecule has 2 atom stereocenters. The Hall–Kier alpha value is -1.06. The molecule has 3 nitrogen and oxygen atoms in total. The van der Waals surface area contributed by atoms with Crippen molar-refractivity contribution < 1.29 is 9.84 Å². The fraction of sp³-hybridized carbons (Fsp3) is 0.700. The van der Waals surface area contributed by atoms with E-state index in [2.05, 4.69) is 24.3 Å². The monoisotopic (exact) mass is 319 g/mol. The SMILES string of the molecule is CC(CCc1ccc(OCCCC2CCCCC2)cc1)C(N)O. The van der Waals surface area contributed by atoms with E-state index < -0.39 is 6.23 Å². The number of hydrogen-bond acceptors (Lipinski definition) is 3. The van der Waals surface area contributed by atoms with Crippen molar-refractivity contribution in [1.29, 1.82) is 0 Å². The fourth-order valence-corrected chi connectivity index (χ4v) is 3.36. The minimum Gasteiger partial charge on any atom is -0.494 e. The Morgan fingerprint density at radius 2 is 1.87 bits per heavy atom. The van der Waals surface area contributed by atoms with Gasteiger partial charge < -0.3 is 15.6 Å². The molecule has 1 fully saturated rings. The average molecular weight is 319 g/mol. The van der Waals surface area contributed by atoms with Crippen molar-refractivity contribution in [2.75, 3.05) is 6.61 Å². The molecule has 0 radical (unpaired) electrons. The minimum atomic E-state index is -0.721. The van der Waals surface area contributed by atoms with E-state index in [0.717, 1.165) is 31.1 Å². The number of rotatable bonds is 9. The number of aliphatic hydroxyl groups is 1. The molecule has 0 saturated heterocycles. The highest BCUT2D eigenvalue weighted by Gasteiger charge is 2.12. The summed E-state index contributed by atoms with van der Waals surface area (Å²) in [6, 6.07) is 8.34. The summed E-state index contributed by atoms with van der Waals surface area (Å²) in [7, 11) is 0. The number of nitrogens with two attached hydrogens (primary N) is 1. The van der Waals surface area contributed by atoms with E-state index in [1.54, 1.807) is 0 Å². The zero-order valence-electron chi connectivity index (χ0n) is 14.5. The molecule has 0 spiro atoms. The first-order valence-electron chi connectivity index (χ1n) is 9.30. The molecule has 1 saturated carbocycles. The highest BCUT2D eigenvalue weighted by atomic mass is 16.5.